The molecule has 1 fully saturated rings. The lowest BCUT2D eigenvalue weighted by Crippen LogP contribution is -2.43. The van der Waals surface area contributed by atoms with E-state index in [0.29, 0.717) is 0 Å². The van der Waals surface area contributed by atoms with E-state index in [-0.39, 0.29) is 34.1 Å². The second-order valence-electron chi connectivity index (χ2n) is 4.96. The number of benzene rings is 1. The topological polar surface area (TPSA) is 46.3 Å². The largest absolute Gasteiger partial charge is 0.392 e. The lowest BCUT2D eigenvalue weighted by Gasteiger charge is -2.29. The fourth-order valence-electron chi connectivity index (χ4n) is 2.57. The van der Waals surface area contributed by atoms with Crippen molar-refractivity contribution in [2.75, 3.05) is 6.54 Å². The highest BCUT2D eigenvalue weighted by molar-refractivity contribution is 7.80. The average molecular weight is 315 g/mol. The summed E-state index contributed by atoms with van der Waals surface area (Å²) in [6.07, 6.45) is 4.05. The molecule has 2 rings (SSSR count). The molecule has 1 saturated carbocycles. The van der Waals surface area contributed by atoms with Crippen LogP contribution in [0.2, 0.25) is 5.02 Å². The maximum atomic E-state index is 13.1. The standard InChI is InChI=1S/C14H16ClFN2OS/c15-12-7-9(16)5-6-11(12)14(19)18(8-13(17)20)10-3-1-2-4-10/h5-7,10H,1-4,8H2,(H2,17,20). The highest BCUT2D eigenvalue weighted by Gasteiger charge is 2.28. The highest BCUT2D eigenvalue weighted by atomic mass is 35.5. The fraction of sp³-hybridized carbons (Fsp3) is 0.429. The van der Waals surface area contributed by atoms with E-state index < -0.39 is 5.82 Å². The molecular formula is C14H16ClFN2OS. The summed E-state index contributed by atoms with van der Waals surface area (Å²) >= 11 is 10.9. The van der Waals surface area contributed by atoms with Crippen LogP contribution in [0.1, 0.15) is 36.0 Å². The summed E-state index contributed by atoms with van der Waals surface area (Å²) in [6.45, 7) is 0.229. The number of hydrogen-bond donors (Lipinski definition) is 1. The Balaban J connectivity index is 2.27. The van der Waals surface area contributed by atoms with Gasteiger partial charge in [0.15, 0.2) is 0 Å². The third-order valence-electron chi connectivity index (χ3n) is 3.51. The molecule has 2 N–H and O–H groups in total. The van der Waals surface area contributed by atoms with E-state index in [2.05, 4.69) is 0 Å². The van der Waals surface area contributed by atoms with Gasteiger partial charge in [0, 0.05) is 6.04 Å². The van der Waals surface area contributed by atoms with E-state index >= 15 is 0 Å². The SMILES string of the molecule is NC(=S)CN(C(=O)c1ccc(F)cc1Cl)C1CCCC1. The quantitative estimate of drug-likeness (QED) is 0.868. The molecule has 1 aromatic carbocycles. The smallest absolute Gasteiger partial charge is 0.256 e. The zero-order valence-electron chi connectivity index (χ0n) is 10.9. The minimum Gasteiger partial charge on any atom is -0.392 e. The normalized spacial score (nSPS) is 15.3. The van der Waals surface area contributed by atoms with Gasteiger partial charge in [-0.1, -0.05) is 36.7 Å². The summed E-state index contributed by atoms with van der Waals surface area (Å²) < 4.78 is 13.1. The Kier molecular flexibility index (Phi) is 4.94. The van der Waals surface area contributed by atoms with Gasteiger partial charge in [-0.2, -0.15) is 0 Å². The number of amides is 1. The molecular weight excluding hydrogens is 299 g/mol. The molecule has 20 heavy (non-hydrogen) atoms. The van der Waals surface area contributed by atoms with Gasteiger partial charge in [-0.15, -0.1) is 0 Å². The van der Waals surface area contributed by atoms with Gasteiger partial charge >= 0.3 is 0 Å². The second-order valence-corrected chi connectivity index (χ2v) is 5.89. The van der Waals surface area contributed by atoms with Gasteiger partial charge in [0.25, 0.3) is 5.91 Å². The minimum atomic E-state index is -0.465. The predicted octanol–water partition coefficient (Wildman–Crippen LogP) is 3.15. The van der Waals surface area contributed by atoms with E-state index in [1.165, 1.54) is 12.1 Å². The average Bonchev–Trinajstić information content (AvgIpc) is 2.88. The molecule has 0 aliphatic heterocycles. The van der Waals surface area contributed by atoms with Crippen LogP contribution in [0.3, 0.4) is 0 Å². The Bertz CT molecular complexity index is 532. The van der Waals surface area contributed by atoms with Crippen molar-refractivity contribution >= 4 is 34.7 Å². The van der Waals surface area contributed by atoms with E-state index in [4.69, 9.17) is 29.6 Å². The fourth-order valence-corrected chi connectivity index (χ4v) is 2.96. The molecule has 108 valence electrons. The Morgan fingerprint density at radius 2 is 2.10 bits per heavy atom. The molecule has 1 amide bonds. The monoisotopic (exact) mass is 314 g/mol. The first-order valence-electron chi connectivity index (χ1n) is 6.53. The Labute approximate surface area is 127 Å². The molecule has 0 spiro atoms. The van der Waals surface area contributed by atoms with Crippen molar-refractivity contribution in [2.45, 2.75) is 31.7 Å². The number of halogens is 2. The molecule has 1 aliphatic carbocycles. The van der Waals surface area contributed by atoms with Crippen LogP contribution >= 0.6 is 23.8 Å². The van der Waals surface area contributed by atoms with Crippen LogP contribution in [0.4, 0.5) is 4.39 Å². The van der Waals surface area contributed by atoms with Gasteiger partial charge in [0.2, 0.25) is 0 Å². The van der Waals surface area contributed by atoms with Gasteiger partial charge in [-0.3, -0.25) is 4.79 Å². The van der Waals surface area contributed by atoms with Crippen molar-refractivity contribution in [3.8, 4) is 0 Å². The van der Waals surface area contributed by atoms with Gasteiger partial charge in [-0.05, 0) is 31.0 Å². The van der Waals surface area contributed by atoms with Crippen molar-refractivity contribution in [1.29, 1.82) is 0 Å². The molecule has 0 atom stereocenters. The summed E-state index contributed by atoms with van der Waals surface area (Å²) in [6, 6.07) is 3.90. The molecule has 3 nitrogen and oxygen atoms in total. The van der Waals surface area contributed by atoms with E-state index in [0.717, 1.165) is 31.7 Å². The van der Waals surface area contributed by atoms with Gasteiger partial charge in [-0.25, -0.2) is 4.39 Å². The van der Waals surface area contributed by atoms with Crippen molar-refractivity contribution in [2.24, 2.45) is 5.73 Å². The first kappa shape index (κ1) is 15.2. The molecule has 0 radical (unpaired) electrons. The third-order valence-corrected chi connectivity index (χ3v) is 3.96. The Morgan fingerprint density at radius 1 is 1.45 bits per heavy atom. The van der Waals surface area contributed by atoms with E-state index in [1.54, 1.807) is 4.90 Å². The predicted molar refractivity (Wildman–Crippen MR) is 81.5 cm³/mol. The Hall–Kier alpha value is -1.20. The van der Waals surface area contributed by atoms with Crippen molar-refractivity contribution in [3.05, 3.63) is 34.6 Å². The molecule has 6 heteroatoms. The zero-order valence-corrected chi connectivity index (χ0v) is 12.5. The van der Waals surface area contributed by atoms with Crippen molar-refractivity contribution in [3.63, 3.8) is 0 Å². The minimum absolute atomic E-state index is 0.112. The van der Waals surface area contributed by atoms with Crippen molar-refractivity contribution < 1.29 is 9.18 Å². The van der Waals surface area contributed by atoms with Crippen LogP contribution in [0.15, 0.2) is 18.2 Å². The van der Waals surface area contributed by atoms with E-state index in [1.807, 2.05) is 0 Å². The number of nitrogens with two attached hydrogens (primary N) is 1. The molecule has 1 aliphatic rings. The number of carbonyl (C=O) groups is 1. The molecule has 0 unspecified atom stereocenters. The molecule has 1 aromatic rings. The zero-order chi connectivity index (χ0) is 14.7. The first-order valence-corrected chi connectivity index (χ1v) is 7.32. The maximum absolute atomic E-state index is 13.1. The van der Waals surface area contributed by atoms with Crippen LogP contribution in [-0.2, 0) is 0 Å². The molecule has 0 bridgehead atoms. The van der Waals surface area contributed by atoms with Crippen molar-refractivity contribution in [1.82, 2.24) is 4.90 Å². The summed E-state index contributed by atoms with van der Waals surface area (Å²) in [5.41, 5.74) is 5.87. The highest BCUT2D eigenvalue weighted by Crippen LogP contribution is 2.27. The number of carbonyl (C=O) groups excluding carboxylic acids is 1. The lowest BCUT2D eigenvalue weighted by molar-refractivity contribution is 0.0715. The summed E-state index contributed by atoms with van der Waals surface area (Å²) in [5, 5.41) is 0.112. The van der Waals surface area contributed by atoms with Crippen LogP contribution in [0, 0.1) is 5.82 Å². The van der Waals surface area contributed by atoms with Crippen LogP contribution in [-0.4, -0.2) is 28.4 Å². The summed E-state index contributed by atoms with van der Waals surface area (Å²) in [7, 11) is 0. The van der Waals surface area contributed by atoms with Crippen LogP contribution < -0.4 is 5.73 Å². The number of hydrogen-bond acceptors (Lipinski definition) is 2. The number of nitrogens with zero attached hydrogens (tertiary/aromatic N) is 1. The lowest BCUT2D eigenvalue weighted by atomic mass is 10.1. The third kappa shape index (κ3) is 3.46. The van der Waals surface area contributed by atoms with Gasteiger partial charge in [0.05, 0.1) is 22.1 Å². The summed E-state index contributed by atoms with van der Waals surface area (Å²) in [4.78, 5) is 14.5. The Morgan fingerprint density at radius 3 is 2.65 bits per heavy atom. The second kappa shape index (κ2) is 6.50. The molecule has 0 heterocycles. The summed E-state index contributed by atoms with van der Waals surface area (Å²) in [5.74, 6) is -0.706. The van der Waals surface area contributed by atoms with Crippen LogP contribution in [0.5, 0.6) is 0 Å². The number of rotatable bonds is 4. The van der Waals surface area contributed by atoms with E-state index in [9.17, 15) is 9.18 Å². The molecule has 0 aromatic heterocycles. The van der Waals surface area contributed by atoms with Crippen LogP contribution in [0.25, 0.3) is 0 Å². The number of thiocarbonyl (C=S) groups is 1. The first-order chi connectivity index (χ1) is 9.49. The van der Waals surface area contributed by atoms with Gasteiger partial charge < -0.3 is 10.6 Å². The molecule has 0 saturated heterocycles. The van der Waals surface area contributed by atoms with Gasteiger partial charge in [0.1, 0.15) is 5.82 Å². The maximum Gasteiger partial charge on any atom is 0.256 e.